The number of rotatable bonds is 5. The second kappa shape index (κ2) is 7.82. The lowest BCUT2D eigenvalue weighted by atomic mass is 10.1. The van der Waals surface area contributed by atoms with E-state index in [4.69, 9.17) is 11.6 Å². The van der Waals surface area contributed by atoms with E-state index in [-0.39, 0.29) is 11.6 Å². The number of nitrogens with zero attached hydrogens (tertiary/aromatic N) is 3. The number of aryl methyl sites for hydroxylation is 2. The molecule has 1 aromatic heterocycles. The van der Waals surface area contributed by atoms with Crippen molar-refractivity contribution in [3.63, 3.8) is 0 Å². The van der Waals surface area contributed by atoms with E-state index in [0.717, 1.165) is 11.3 Å². The van der Waals surface area contributed by atoms with Gasteiger partial charge in [-0.05, 0) is 50.6 Å². The first-order valence-corrected chi connectivity index (χ1v) is 8.99. The predicted molar refractivity (Wildman–Crippen MR) is 108 cm³/mol. The summed E-state index contributed by atoms with van der Waals surface area (Å²) in [6.07, 6.45) is 0. The number of halogens is 1. The highest BCUT2D eigenvalue weighted by Gasteiger charge is 2.18. The lowest BCUT2D eigenvalue weighted by molar-refractivity contribution is -0.385. The standard InChI is InChI=1S/C20H19ClN4O3/c1-12-9-16(7-8-18(12)25(27)28)20(26)22-19-13(2)23-24(14(19)3)11-15-5-4-6-17(21)10-15/h4-10H,11H2,1-3H3,(H,22,26). The van der Waals surface area contributed by atoms with E-state index in [1.54, 1.807) is 11.6 Å². The number of aromatic nitrogens is 2. The summed E-state index contributed by atoms with van der Waals surface area (Å²) < 4.78 is 1.80. The van der Waals surface area contributed by atoms with Crippen molar-refractivity contribution in [2.45, 2.75) is 27.3 Å². The summed E-state index contributed by atoms with van der Waals surface area (Å²) in [7, 11) is 0. The van der Waals surface area contributed by atoms with Gasteiger partial charge in [-0.1, -0.05) is 23.7 Å². The Labute approximate surface area is 167 Å². The van der Waals surface area contributed by atoms with Crippen LogP contribution in [0.15, 0.2) is 42.5 Å². The first-order chi connectivity index (χ1) is 13.3. The van der Waals surface area contributed by atoms with Crippen LogP contribution in [0.5, 0.6) is 0 Å². The minimum atomic E-state index is -0.467. The molecule has 1 amide bonds. The average Bonchev–Trinajstić information content (AvgIpc) is 2.88. The molecule has 0 saturated heterocycles. The summed E-state index contributed by atoms with van der Waals surface area (Å²) >= 11 is 6.04. The van der Waals surface area contributed by atoms with Crippen molar-refractivity contribution in [1.29, 1.82) is 0 Å². The summed E-state index contributed by atoms with van der Waals surface area (Å²) in [4.78, 5) is 23.1. The highest BCUT2D eigenvalue weighted by atomic mass is 35.5. The van der Waals surface area contributed by atoms with E-state index in [9.17, 15) is 14.9 Å². The van der Waals surface area contributed by atoms with E-state index in [1.807, 2.05) is 38.1 Å². The van der Waals surface area contributed by atoms with Crippen LogP contribution in [0.4, 0.5) is 11.4 Å². The van der Waals surface area contributed by atoms with Crippen LogP contribution in [0, 0.1) is 30.9 Å². The molecule has 0 fully saturated rings. The zero-order valence-corrected chi connectivity index (χ0v) is 16.4. The van der Waals surface area contributed by atoms with Crippen molar-refractivity contribution in [2.24, 2.45) is 0 Å². The second-order valence-corrected chi connectivity index (χ2v) is 6.98. The van der Waals surface area contributed by atoms with Crippen LogP contribution in [0.2, 0.25) is 5.02 Å². The number of nitrogens with one attached hydrogen (secondary N) is 1. The number of benzene rings is 2. The zero-order chi connectivity index (χ0) is 20.4. The van der Waals surface area contributed by atoms with Crippen molar-refractivity contribution in [3.8, 4) is 0 Å². The number of hydrogen-bond donors (Lipinski definition) is 1. The third-order valence-electron chi connectivity index (χ3n) is 4.50. The molecule has 144 valence electrons. The Morgan fingerprint density at radius 2 is 1.96 bits per heavy atom. The zero-order valence-electron chi connectivity index (χ0n) is 15.7. The molecule has 0 saturated carbocycles. The maximum absolute atomic E-state index is 12.6. The molecule has 0 spiro atoms. The molecule has 0 unspecified atom stereocenters. The fourth-order valence-electron chi connectivity index (χ4n) is 3.03. The van der Waals surface area contributed by atoms with Gasteiger partial charge in [0.05, 0.1) is 28.5 Å². The van der Waals surface area contributed by atoms with Crippen molar-refractivity contribution in [3.05, 3.63) is 85.7 Å². The van der Waals surface area contributed by atoms with Gasteiger partial charge in [-0.25, -0.2) is 0 Å². The van der Waals surface area contributed by atoms with Crippen molar-refractivity contribution in [1.82, 2.24) is 9.78 Å². The predicted octanol–water partition coefficient (Wildman–Crippen LogP) is 4.67. The molecule has 0 aliphatic heterocycles. The number of amides is 1. The lowest BCUT2D eigenvalue weighted by Crippen LogP contribution is -2.14. The van der Waals surface area contributed by atoms with Crippen LogP contribution >= 0.6 is 11.6 Å². The van der Waals surface area contributed by atoms with Gasteiger partial charge in [0.25, 0.3) is 11.6 Å². The highest BCUT2D eigenvalue weighted by molar-refractivity contribution is 6.30. The first-order valence-electron chi connectivity index (χ1n) is 8.61. The van der Waals surface area contributed by atoms with Crippen molar-refractivity contribution < 1.29 is 9.72 Å². The van der Waals surface area contributed by atoms with Gasteiger partial charge >= 0.3 is 0 Å². The Morgan fingerprint density at radius 3 is 2.61 bits per heavy atom. The van der Waals surface area contributed by atoms with Gasteiger partial charge in [0.1, 0.15) is 0 Å². The minimum Gasteiger partial charge on any atom is -0.319 e. The van der Waals surface area contributed by atoms with Crippen molar-refractivity contribution >= 4 is 28.9 Å². The van der Waals surface area contributed by atoms with Gasteiger partial charge in [0, 0.05) is 22.2 Å². The minimum absolute atomic E-state index is 0.0155. The monoisotopic (exact) mass is 398 g/mol. The number of anilines is 1. The molecule has 0 radical (unpaired) electrons. The molecule has 2 aromatic carbocycles. The molecule has 0 atom stereocenters. The number of nitro benzene ring substituents is 1. The summed E-state index contributed by atoms with van der Waals surface area (Å²) in [6, 6.07) is 11.8. The third-order valence-corrected chi connectivity index (χ3v) is 4.73. The molecule has 0 bridgehead atoms. The number of hydrogen-bond acceptors (Lipinski definition) is 4. The first kappa shape index (κ1) is 19.6. The van der Waals surface area contributed by atoms with E-state index in [2.05, 4.69) is 10.4 Å². The van der Waals surface area contributed by atoms with Gasteiger partial charge < -0.3 is 5.32 Å². The molecular formula is C20H19ClN4O3. The number of carbonyl (C=O) groups is 1. The van der Waals surface area contributed by atoms with Gasteiger partial charge in [-0.15, -0.1) is 0 Å². The molecule has 3 rings (SSSR count). The Kier molecular flexibility index (Phi) is 5.46. The van der Waals surface area contributed by atoms with Gasteiger partial charge in [0.2, 0.25) is 0 Å². The molecule has 8 heteroatoms. The Morgan fingerprint density at radius 1 is 1.21 bits per heavy atom. The molecule has 28 heavy (non-hydrogen) atoms. The molecular weight excluding hydrogens is 380 g/mol. The maximum Gasteiger partial charge on any atom is 0.272 e. The van der Waals surface area contributed by atoms with Crippen LogP contribution < -0.4 is 5.32 Å². The smallest absolute Gasteiger partial charge is 0.272 e. The summed E-state index contributed by atoms with van der Waals surface area (Å²) in [5, 5.41) is 19.0. The van der Waals surface area contributed by atoms with Gasteiger partial charge in [0.15, 0.2) is 0 Å². The fraction of sp³-hybridized carbons (Fsp3) is 0.200. The van der Waals surface area contributed by atoms with Crippen LogP contribution in [0.1, 0.15) is 32.9 Å². The largest absolute Gasteiger partial charge is 0.319 e. The van der Waals surface area contributed by atoms with Crippen LogP contribution in [0.25, 0.3) is 0 Å². The van der Waals surface area contributed by atoms with Crippen LogP contribution in [-0.4, -0.2) is 20.6 Å². The number of nitro groups is 1. The normalized spacial score (nSPS) is 10.7. The molecule has 1 N–H and O–H groups in total. The SMILES string of the molecule is Cc1cc(C(=O)Nc2c(C)nn(Cc3cccc(Cl)c3)c2C)ccc1[N+](=O)[O-]. The van der Waals surface area contributed by atoms with E-state index < -0.39 is 4.92 Å². The van der Waals surface area contributed by atoms with E-state index in [1.165, 1.54) is 18.2 Å². The Bertz CT molecular complexity index is 1080. The van der Waals surface area contributed by atoms with E-state index >= 15 is 0 Å². The summed E-state index contributed by atoms with van der Waals surface area (Å²) in [5.41, 5.74) is 3.89. The molecule has 0 aliphatic carbocycles. The number of carbonyl (C=O) groups excluding carboxylic acids is 1. The topological polar surface area (TPSA) is 90.1 Å². The lowest BCUT2D eigenvalue weighted by Gasteiger charge is -2.08. The van der Waals surface area contributed by atoms with Gasteiger partial charge in [-0.3, -0.25) is 19.6 Å². The van der Waals surface area contributed by atoms with E-state index in [0.29, 0.717) is 34.1 Å². The molecule has 3 aromatic rings. The Balaban J connectivity index is 1.83. The van der Waals surface area contributed by atoms with Crippen LogP contribution in [-0.2, 0) is 6.54 Å². The quantitative estimate of drug-likeness (QED) is 0.499. The fourth-order valence-corrected chi connectivity index (χ4v) is 3.24. The van der Waals surface area contributed by atoms with Gasteiger partial charge in [-0.2, -0.15) is 5.10 Å². The molecule has 0 aliphatic rings. The summed E-state index contributed by atoms with van der Waals surface area (Å²) in [5.74, 6) is -0.341. The average molecular weight is 399 g/mol. The maximum atomic E-state index is 12.6. The summed E-state index contributed by atoms with van der Waals surface area (Å²) in [6.45, 7) is 5.83. The molecule has 1 heterocycles. The second-order valence-electron chi connectivity index (χ2n) is 6.55. The Hall–Kier alpha value is -3.19. The van der Waals surface area contributed by atoms with Crippen LogP contribution in [0.3, 0.4) is 0 Å². The van der Waals surface area contributed by atoms with Crippen molar-refractivity contribution in [2.75, 3.05) is 5.32 Å². The molecule has 7 nitrogen and oxygen atoms in total. The highest BCUT2D eigenvalue weighted by Crippen LogP contribution is 2.24. The third kappa shape index (κ3) is 4.04.